The Morgan fingerprint density at radius 1 is 0.951 bits per heavy atom. The van der Waals surface area contributed by atoms with Crippen molar-refractivity contribution < 1.29 is 49.0 Å². The van der Waals surface area contributed by atoms with Crippen LogP contribution in [0.4, 0.5) is 5.69 Å². The molecule has 1 aromatic rings. The lowest BCUT2D eigenvalue weighted by Gasteiger charge is -2.39. The highest BCUT2D eigenvalue weighted by molar-refractivity contribution is 5.98. The van der Waals surface area contributed by atoms with Gasteiger partial charge in [0.2, 0.25) is 18.1 Å². The van der Waals surface area contributed by atoms with Gasteiger partial charge < -0.3 is 50.6 Å². The maximum absolute atomic E-state index is 13.1. The van der Waals surface area contributed by atoms with E-state index in [4.69, 9.17) is 14.2 Å². The second kappa shape index (κ2) is 15.4. The first kappa shape index (κ1) is 34.4. The van der Waals surface area contributed by atoms with Crippen molar-refractivity contribution in [2.24, 2.45) is 11.8 Å². The Morgan fingerprint density at radius 3 is 2.17 bits per heavy atom. The highest BCUT2D eigenvalue weighted by Gasteiger charge is 2.45. The first-order valence-corrected chi connectivity index (χ1v) is 13.8. The average Bonchev–Trinajstić information content (AvgIpc) is 2.91. The Kier molecular flexibility index (Phi) is 12.9. The molecule has 1 aliphatic rings. The number of benzene rings is 1. The van der Waals surface area contributed by atoms with E-state index in [1.807, 2.05) is 27.7 Å². The van der Waals surface area contributed by atoms with E-state index in [0.717, 1.165) is 0 Å². The first-order valence-electron chi connectivity index (χ1n) is 13.8. The summed E-state index contributed by atoms with van der Waals surface area (Å²) in [5.74, 6) is -1.71. The van der Waals surface area contributed by atoms with Crippen LogP contribution in [0, 0.1) is 11.8 Å². The van der Waals surface area contributed by atoms with Crippen LogP contribution < -0.4 is 20.7 Å². The Balaban J connectivity index is 2.27. The van der Waals surface area contributed by atoms with E-state index in [2.05, 4.69) is 16.0 Å². The van der Waals surface area contributed by atoms with Crippen molar-refractivity contribution >= 4 is 23.5 Å². The van der Waals surface area contributed by atoms with Crippen molar-refractivity contribution in [2.75, 3.05) is 11.9 Å². The predicted octanol–water partition coefficient (Wildman–Crippen LogP) is 0.0303. The third kappa shape index (κ3) is 9.62. The molecule has 1 aliphatic heterocycles. The minimum Gasteiger partial charge on any atom is -0.461 e. The molecule has 2 amide bonds. The molecule has 2 rings (SSSR count). The fourth-order valence-electron chi connectivity index (χ4n) is 4.01. The lowest BCUT2D eigenvalue weighted by Crippen LogP contribution is -2.60. The number of esters is 1. The van der Waals surface area contributed by atoms with Crippen molar-refractivity contribution in [1.29, 1.82) is 0 Å². The SMILES string of the molecule is CC(C)N[C@H](C(=O)N[C@@H](C)C(=O)Nc1ccc(COC(=O)C(C)C)cc1O[C@@H]1O[C@H](CO)[C@@H](O)[C@H](O)[C@H]1O)C(C)C. The average molecular weight is 584 g/mol. The van der Waals surface area contributed by atoms with Gasteiger partial charge in [0, 0.05) is 6.04 Å². The molecule has 232 valence electrons. The van der Waals surface area contributed by atoms with E-state index in [1.165, 1.54) is 19.1 Å². The molecule has 0 bridgehead atoms. The van der Waals surface area contributed by atoms with Gasteiger partial charge in [0.05, 0.1) is 24.3 Å². The zero-order valence-corrected chi connectivity index (χ0v) is 24.7. The van der Waals surface area contributed by atoms with E-state index in [1.54, 1.807) is 19.9 Å². The zero-order chi connectivity index (χ0) is 31.0. The van der Waals surface area contributed by atoms with E-state index in [0.29, 0.717) is 5.56 Å². The fourth-order valence-corrected chi connectivity index (χ4v) is 4.01. The molecule has 0 aliphatic carbocycles. The van der Waals surface area contributed by atoms with Crippen molar-refractivity contribution in [1.82, 2.24) is 10.6 Å². The molecule has 0 spiro atoms. The monoisotopic (exact) mass is 583 g/mol. The molecule has 7 N–H and O–H groups in total. The molecule has 1 fully saturated rings. The largest absolute Gasteiger partial charge is 0.461 e. The molecule has 41 heavy (non-hydrogen) atoms. The third-order valence-corrected chi connectivity index (χ3v) is 6.46. The summed E-state index contributed by atoms with van der Waals surface area (Å²) in [5, 5.41) is 48.8. The molecule has 13 nitrogen and oxygen atoms in total. The quantitative estimate of drug-likeness (QED) is 0.155. The fraction of sp³-hybridized carbons (Fsp3) is 0.679. The molecular formula is C28H45N3O10. The van der Waals surface area contributed by atoms with Gasteiger partial charge in [-0.15, -0.1) is 0 Å². The number of anilines is 1. The maximum atomic E-state index is 13.1. The summed E-state index contributed by atoms with van der Waals surface area (Å²) >= 11 is 0. The normalized spacial score (nSPS) is 24.2. The van der Waals surface area contributed by atoms with Gasteiger partial charge in [0.1, 0.15) is 42.8 Å². The lowest BCUT2D eigenvalue weighted by atomic mass is 9.99. The Morgan fingerprint density at radius 2 is 1.61 bits per heavy atom. The van der Waals surface area contributed by atoms with Crippen LogP contribution in [0.2, 0.25) is 0 Å². The molecular weight excluding hydrogens is 538 g/mol. The maximum Gasteiger partial charge on any atom is 0.308 e. The highest BCUT2D eigenvalue weighted by atomic mass is 16.7. The molecule has 1 heterocycles. The summed E-state index contributed by atoms with van der Waals surface area (Å²) in [4.78, 5) is 37.9. The molecule has 0 unspecified atom stereocenters. The number of hydrogen-bond acceptors (Lipinski definition) is 11. The van der Waals surface area contributed by atoms with Crippen LogP contribution in [-0.2, 0) is 30.5 Å². The summed E-state index contributed by atoms with van der Waals surface area (Å²) in [6, 6.07) is 3.13. The lowest BCUT2D eigenvalue weighted by molar-refractivity contribution is -0.277. The topological polar surface area (TPSA) is 196 Å². The number of amides is 2. The van der Waals surface area contributed by atoms with E-state index in [9.17, 15) is 34.8 Å². The second-order valence-electron chi connectivity index (χ2n) is 11.2. The predicted molar refractivity (Wildman–Crippen MR) is 149 cm³/mol. The Bertz CT molecular complexity index is 1030. The van der Waals surface area contributed by atoms with Crippen LogP contribution in [0.25, 0.3) is 0 Å². The van der Waals surface area contributed by atoms with Crippen LogP contribution in [0.1, 0.15) is 54.0 Å². The molecule has 13 heteroatoms. The molecule has 7 atom stereocenters. The molecule has 0 radical (unpaired) electrons. The Hall–Kier alpha value is -2.81. The van der Waals surface area contributed by atoms with Crippen molar-refractivity contribution in [3.8, 4) is 5.75 Å². The number of aliphatic hydroxyl groups excluding tert-OH is 4. The van der Waals surface area contributed by atoms with Crippen LogP contribution >= 0.6 is 0 Å². The first-order chi connectivity index (χ1) is 19.2. The van der Waals surface area contributed by atoms with E-state index in [-0.39, 0.29) is 41.8 Å². The number of aliphatic hydroxyl groups is 4. The van der Waals surface area contributed by atoms with Crippen LogP contribution in [0.5, 0.6) is 5.75 Å². The van der Waals surface area contributed by atoms with Gasteiger partial charge in [-0.05, 0) is 30.5 Å². The molecule has 0 saturated carbocycles. The summed E-state index contributed by atoms with van der Waals surface area (Å²) in [6.07, 6.45) is -7.70. The summed E-state index contributed by atoms with van der Waals surface area (Å²) in [7, 11) is 0. The number of ether oxygens (including phenoxy) is 3. The minimum atomic E-state index is -1.70. The molecule has 1 saturated heterocycles. The van der Waals surface area contributed by atoms with Crippen molar-refractivity contribution in [3.05, 3.63) is 23.8 Å². The number of rotatable bonds is 13. The van der Waals surface area contributed by atoms with Crippen molar-refractivity contribution in [3.63, 3.8) is 0 Å². The molecule has 0 aromatic heterocycles. The van der Waals surface area contributed by atoms with Crippen LogP contribution in [-0.4, -0.2) is 93.6 Å². The standard InChI is InChI=1S/C28H45N3O10/c1-13(2)21(29-15(5)6)26(37)30-16(7)25(36)31-18-9-8-17(12-39-27(38)14(3)4)10-19(18)40-28-24(35)23(34)22(33)20(11-32)41-28/h8-10,13-16,20-24,28-29,32-35H,11-12H2,1-7H3,(H,30,37)(H,31,36)/t16-,20+,21-,22+,23-,24+,28+/m0/s1. The summed E-state index contributed by atoms with van der Waals surface area (Å²) in [6.45, 7) is 11.8. The van der Waals surface area contributed by atoms with Gasteiger partial charge in [-0.3, -0.25) is 14.4 Å². The minimum absolute atomic E-state index is 0.0131. The molecule has 1 aromatic carbocycles. The van der Waals surface area contributed by atoms with Gasteiger partial charge in [0.25, 0.3) is 0 Å². The smallest absolute Gasteiger partial charge is 0.308 e. The van der Waals surface area contributed by atoms with E-state index < -0.39 is 61.3 Å². The Labute approximate surface area is 240 Å². The third-order valence-electron chi connectivity index (χ3n) is 6.46. The van der Waals surface area contributed by atoms with Gasteiger partial charge in [-0.1, -0.05) is 47.6 Å². The zero-order valence-electron chi connectivity index (χ0n) is 24.7. The second-order valence-corrected chi connectivity index (χ2v) is 11.2. The number of nitrogens with one attached hydrogen (secondary N) is 3. The van der Waals surface area contributed by atoms with Gasteiger partial charge in [0.15, 0.2) is 0 Å². The van der Waals surface area contributed by atoms with Gasteiger partial charge >= 0.3 is 5.97 Å². The number of carbonyl (C=O) groups excluding carboxylic acids is 3. The number of carbonyl (C=O) groups is 3. The number of hydrogen-bond donors (Lipinski definition) is 7. The van der Waals surface area contributed by atoms with Gasteiger partial charge in [-0.2, -0.15) is 0 Å². The summed E-state index contributed by atoms with van der Waals surface area (Å²) < 4.78 is 16.5. The van der Waals surface area contributed by atoms with Gasteiger partial charge in [-0.25, -0.2) is 0 Å². The van der Waals surface area contributed by atoms with Crippen LogP contribution in [0.15, 0.2) is 18.2 Å². The van der Waals surface area contributed by atoms with Crippen molar-refractivity contribution in [2.45, 2.75) is 104 Å². The van der Waals surface area contributed by atoms with Crippen LogP contribution in [0.3, 0.4) is 0 Å². The highest BCUT2D eigenvalue weighted by Crippen LogP contribution is 2.31. The summed E-state index contributed by atoms with van der Waals surface area (Å²) in [5.41, 5.74) is 0.616. The van der Waals surface area contributed by atoms with E-state index >= 15 is 0 Å².